The van der Waals surface area contributed by atoms with Crippen molar-refractivity contribution in [3.8, 4) is 5.75 Å². The van der Waals surface area contributed by atoms with Gasteiger partial charge in [-0.2, -0.15) is 5.10 Å². The minimum absolute atomic E-state index is 0.121. The lowest BCUT2D eigenvalue weighted by Crippen LogP contribution is -2.27. The number of fused-ring (bicyclic) bond motifs is 1. The van der Waals surface area contributed by atoms with E-state index in [-0.39, 0.29) is 18.0 Å². The molecule has 0 fully saturated rings. The first-order valence-electron chi connectivity index (χ1n) is 13.3. The number of amides is 1. The molecule has 0 saturated carbocycles. The van der Waals surface area contributed by atoms with Gasteiger partial charge in [0.05, 0.1) is 24.4 Å². The zero-order valence-electron chi connectivity index (χ0n) is 24.4. The molecule has 0 atom stereocenters. The highest BCUT2D eigenvalue weighted by molar-refractivity contribution is 5.96. The van der Waals surface area contributed by atoms with Crippen LogP contribution in [0.15, 0.2) is 83.9 Å². The van der Waals surface area contributed by atoms with Gasteiger partial charge in [0.2, 0.25) is 5.91 Å². The molecule has 0 spiro atoms. The van der Waals surface area contributed by atoms with E-state index in [1.165, 1.54) is 22.0 Å². The van der Waals surface area contributed by atoms with Crippen molar-refractivity contribution >= 4 is 45.6 Å². The number of carbonyl (C=O) groups excluding carboxylic acids is 1. The van der Waals surface area contributed by atoms with Gasteiger partial charge in [-0.05, 0) is 79.4 Å². The summed E-state index contributed by atoms with van der Waals surface area (Å²) in [6.07, 6.45) is 4.76. The van der Waals surface area contributed by atoms with Crippen molar-refractivity contribution < 1.29 is 9.53 Å². The number of carbonyl (C=O) groups is 1. The molecule has 4 N–H and O–H groups in total. The maximum Gasteiger partial charge on any atom is 0.261 e. The summed E-state index contributed by atoms with van der Waals surface area (Å²) in [5, 5.41) is 22.0. The lowest BCUT2D eigenvalue weighted by atomic mass is 10.1. The first kappa shape index (κ1) is 29.6. The minimum Gasteiger partial charge on any atom is -0.497 e. The van der Waals surface area contributed by atoms with Crippen molar-refractivity contribution in [2.45, 2.75) is 20.4 Å². The van der Waals surface area contributed by atoms with Crippen molar-refractivity contribution in [2.24, 2.45) is 7.05 Å². The second-order valence-electron chi connectivity index (χ2n) is 9.65. The van der Waals surface area contributed by atoms with Crippen LogP contribution in [-0.4, -0.2) is 40.6 Å². The largest absolute Gasteiger partial charge is 0.497 e. The molecule has 0 bridgehead atoms. The van der Waals surface area contributed by atoms with Crippen molar-refractivity contribution in [3.63, 3.8) is 0 Å². The van der Waals surface area contributed by atoms with Gasteiger partial charge >= 0.3 is 0 Å². The van der Waals surface area contributed by atoms with Crippen molar-refractivity contribution in [3.05, 3.63) is 106 Å². The summed E-state index contributed by atoms with van der Waals surface area (Å²) in [5.74, 6) is 0.382. The molecule has 0 aliphatic rings. The number of rotatable bonds is 8. The van der Waals surface area contributed by atoms with E-state index in [4.69, 9.17) is 10.1 Å². The Balaban J connectivity index is 0.000000437. The molecule has 3 aromatic carbocycles. The molecule has 2 heterocycles. The van der Waals surface area contributed by atoms with E-state index in [1.54, 1.807) is 44.6 Å². The van der Waals surface area contributed by atoms with Gasteiger partial charge < -0.3 is 30.7 Å². The van der Waals surface area contributed by atoms with E-state index in [2.05, 4.69) is 34.9 Å². The fraction of sp³-hybridized carbons (Fsp3) is 0.188. The number of nitrogens with zero attached hydrogens (tertiary/aromatic N) is 3. The third-order valence-corrected chi connectivity index (χ3v) is 6.93. The number of ether oxygens (including phenoxy) is 1. The van der Waals surface area contributed by atoms with Gasteiger partial charge in [0, 0.05) is 54.8 Å². The molecule has 216 valence electrons. The van der Waals surface area contributed by atoms with Crippen LogP contribution in [0, 0.1) is 19.3 Å². The number of benzene rings is 3. The zero-order valence-corrected chi connectivity index (χ0v) is 24.4. The maximum absolute atomic E-state index is 13.3. The molecule has 1 amide bonds. The molecule has 5 rings (SSSR count). The summed E-state index contributed by atoms with van der Waals surface area (Å²) < 4.78 is 8.39. The molecule has 0 saturated heterocycles. The first-order valence-corrected chi connectivity index (χ1v) is 13.3. The average Bonchev–Trinajstić information content (AvgIpc) is 3.30. The number of anilines is 4. The molecule has 2 aromatic heterocycles. The molecule has 5 aromatic rings. The van der Waals surface area contributed by atoms with Crippen LogP contribution >= 0.6 is 0 Å². The predicted molar refractivity (Wildman–Crippen MR) is 170 cm³/mol. The van der Waals surface area contributed by atoms with Gasteiger partial charge in [-0.1, -0.05) is 12.1 Å². The van der Waals surface area contributed by atoms with Crippen molar-refractivity contribution in [1.29, 1.82) is 5.41 Å². The average molecular weight is 566 g/mol. The lowest BCUT2D eigenvalue weighted by molar-refractivity contribution is -0.116. The van der Waals surface area contributed by atoms with Crippen LogP contribution in [0.25, 0.3) is 10.8 Å². The Labute approximate surface area is 244 Å². The number of aromatic nitrogens is 3. The number of hydrogen-bond acceptors (Lipinski definition) is 7. The SMILES string of the molecule is CNc1ccc(Nc2cccc3ccn(CC(=O)Nc4ccc(OC)cc4)c(=O)c23)cc1C=N.Cc1cnn(C)c1C. The second-order valence-corrected chi connectivity index (χ2v) is 9.65. The second kappa shape index (κ2) is 13.3. The number of methoxy groups -OCH3 is 1. The van der Waals surface area contributed by atoms with E-state index in [0.29, 0.717) is 22.5 Å². The molecule has 0 aliphatic carbocycles. The highest BCUT2D eigenvalue weighted by Gasteiger charge is 2.12. The van der Waals surface area contributed by atoms with Crippen LogP contribution in [0.3, 0.4) is 0 Å². The summed E-state index contributed by atoms with van der Waals surface area (Å²) in [4.78, 5) is 25.9. The van der Waals surface area contributed by atoms with E-state index in [0.717, 1.165) is 22.3 Å². The predicted octanol–water partition coefficient (Wildman–Crippen LogP) is 5.47. The minimum atomic E-state index is -0.310. The molecular formula is C32H35N7O3. The van der Waals surface area contributed by atoms with Gasteiger partial charge in [-0.15, -0.1) is 0 Å². The standard InChI is InChI=1S/C26H25N5O3.C6H10N2/c1-28-22-11-8-20(14-18(22)15-27)29-23-5-3-4-17-12-13-31(26(33)25(17)23)16-24(32)30-19-6-9-21(34-2)10-7-19;1-5-4-7-8(3)6(5)2/h3-15,27-29H,16H2,1-2H3,(H,30,32);4H,1-3H3. The summed E-state index contributed by atoms with van der Waals surface area (Å²) in [6.45, 7) is 3.99. The van der Waals surface area contributed by atoms with Crippen LogP contribution in [0.4, 0.5) is 22.7 Å². The fourth-order valence-electron chi connectivity index (χ4n) is 4.34. The third-order valence-electron chi connectivity index (χ3n) is 6.93. The fourth-order valence-corrected chi connectivity index (χ4v) is 4.34. The molecule has 10 heteroatoms. The molecule has 0 unspecified atom stereocenters. The van der Waals surface area contributed by atoms with Crippen molar-refractivity contribution in [1.82, 2.24) is 14.3 Å². The molecular weight excluding hydrogens is 530 g/mol. The number of hydrogen-bond donors (Lipinski definition) is 4. The van der Waals surface area contributed by atoms with E-state index in [9.17, 15) is 9.59 Å². The zero-order chi connectivity index (χ0) is 30.2. The highest BCUT2D eigenvalue weighted by Crippen LogP contribution is 2.26. The van der Waals surface area contributed by atoms with Crippen LogP contribution in [-0.2, 0) is 18.4 Å². The van der Waals surface area contributed by atoms with Crippen molar-refractivity contribution in [2.75, 3.05) is 30.1 Å². The summed E-state index contributed by atoms with van der Waals surface area (Å²) in [7, 11) is 5.32. The normalized spacial score (nSPS) is 10.4. The Bertz CT molecular complexity index is 1750. The summed E-state index contributed by atoms with van der Waals surface area (Å²) >= 11 is 0. The van der Waals surface area contributed by atoms with E-state index >= 15 is 0 Å². The Morgan fingerprint density at radius 1 is 1.02 bits per heavy atom. The Morgan fingerprint density at radius 3 is 2.36 bits per heavy atom. The molecule has 0 radical (unpaired) electrons. The summed E-state index contributed by atoms with van der Waals surface area (Å²) in [5.41, 5.74) is 5.78. The number of nitrogens with one attached hydrogen (secondary N) is 4. The van der Waals surface area contributed by atoms with Gasteiger partial charge in [0.1, 0.15) is 12.3 Å². The quantitative estimate of drug-likeness (QED) is 0.185. The third kappa shape index (κ3) is 6.84. The highest BCUT2D eigenvalue weighted by atomic mass is 16.5. The molecule has 0 aliphatic heterocycles. The van der Waals surface area contributed by atoms with Crippen LogP contribution in [0.1, 0.15) is 16.8 Å². The molecule has 10 nitrogen and oxygen atoms in total. The van der Waals surface area contributed by atoms with Gasteiger partial charge in [-0.3, -0.25) is 14.3 Å². The number of aryl methyl sites for hydroxylation is 2. The topological polar surface area (TPSA) is 126 Å². The van der Waals surface area contributed by atoms with E-state index < -0.39 is 0 Å². The van der Waals surface area contributed by atoms with Gasteiger partial charge in [0.25, 0.3) is 5.56 Å². The maximum atomic E-state index is 13.3. The van der Waals surface area contributed by atoms with Crippen LogP contribution < -0.4 is 26.2 Å². The monoisotopic (exact) mass is 565 g/mol. The Kier molecular flexibility index (Phi) is 9.39. The lowest BCUT2D eigenvalue weighted by Gasteiger charge is -2.14. The van der Waals surface area contributed by atoms with Crippen LogP contribution in [0.5, 0.6) is 5.75 Å². The van der Waals surface area contributed by atoms with Gasteiger partial charge in [-0.25, -0.2) is 0 Å². The van der Waals surface area contributed by atoms with E-state index in [1.807, 2.05) is 60.4 Å². The van der Waals surface area contributed by atoms with Crippen LogP contribution in [0.2, 0.25) is 0 Å². The smallest absolute Gasteiger partial charge is 0.261 e. The van der Waals surface area contributed by atoms with Gasteiger partial charge in [0.15, 0.2) is 0 Å². The molecule has 42 heavy (non-hydrogen) atoms. The Morgan fingerprint density at radius 2 is 1.76 bits per heavy atom. The Hall–Kier alpha value is -5.38. The first-order chi connectivity index (χ1) is 20.2. The number of pyridine rings is 1. The summed E-state index contributed by atoms with van der Waals surface area (Å²) in [6, 6.07) is 19.9.